The van der Waals surface area contributed by atoms with E-state index in [1.54, 1.807) is 28.1 Å². The van der Waals surface area contributed by atoms with Crippen LogP contribution in [0.15, 0.2) is 24.5 Å². The Balaban J connectivity index is 1.38. The van der Waals surface area contributed by atoms with Crippen molar-refractivity contribution in [2.24, 2.45) is 0 Å². The number of pyridine rings is 1. The van der Waals surface area contributed by atoms with Crippen LogP contribution in [0.2, 0.25) is 5.15 Å². The van der Waals surface area contributed by atoms with E-state index in [1.807, 2.05) is 11.6 Å². The van der Waals surface area contributed by atoms with Gasteiger partial charge in [-0.1, -0.05) is 11.6 Å². The highest BCUT2D eigenvalue weighted by molar-refractivity contribution is 6.29. The number of aromatic nitrogens is 3. The minimum atomic E-state index is -0.339. The Labute approximate surface area is 166 Å². The molecule has 1 aliphatic carbocycles. The van der Waals surface area contributed by atoms with E-state index in [0.29, 0.717) is 36.2 Å². The van der Waals surface area contributed by atoms with E-state index in [2.05, 4.69) is 15.4 Å². The van der Waals surface area contributed by atoms with Crippen molar-refractivity contribution in [2.75, 3.05) is 16.8 Å². The van der Waals surface area contributed by atoms with Gasteiger partial charge in [0.1, 0.15) is 10.8 Å². The number of urea groups is 1. The van der Waals surface area contributed by atoms with Crippen LogP contribution < -0.4 is 10.2 Å². The first-order valence-corrected chi connectivity index (χ1v) is 9.56. The lowest BCUT2D eigenvalue weighted by atomic mass is 10.2. The second-order valence-corrected chi connectivity index (χ2v) is 7.96. The summed E-state index contributed by atoms with van der Waals surface area (Å²) in [5, 5.41) is 7.59. The Morgan fingerprint density at radius 1 is 1.43 bits per heavy atom. The number of hydrogen-bond acceptors (Lipinski definition) is 5. The zero-order chi connectivity index (χ0) is 19.5. The first kappa shape index (κ1) is 17.3. The Morgan fingerprint density at radius 2 is 2.25 bits per heavy atom. The van der Waals surface area contributed by atoms with E-state index >= 15 is 0 Å². The molecule has 3 amide bonds. The first-order valence-electron chi connectivity index (χ1n) is 9.18. The minimum Gasteiger partial charge on any atom is -0.441 e. The highest BCUT2D eigenvalue weighted by atomic mass is 35.5. The lowest BCUT2D eigenvalue weighted by Crippen LogP contribution is -2.47. The highest BCUT2D eigenvalue weighted by Crippen LogP contribution is 2.46. The van der Waals surface area contributed by atoms with Crippen molar-refractivity contribution in [2.45, 2.75) is 44.5 Å². The Kier molecular flexibility index (Phi) is 3.77. The smallest absolute Gasteiger partial charge is 0.415 e. The maximum absolute atomic E-state index is 12.8. The van der Waals surface area contributed by atoms with Crippen molar-refractivity contribution in [3.63, 3.8) is 0 Å². The van der Waals surface area contributed by atoms with Gasteiger partial charge in [0.15, 0.2) is 0 Å². The van der Waals surface area contributed by atoms with Crippen LogP contribution in [-0.2, 0) is 17.8 Å². The molecule has 2 aromatic heterocycles. The number of rotatable bonds is 2. The molecule has 28 heavy (non-hydrogen) atoms. The van der Waals surface area contributed by atoms with Crippen molar-refractivity contribution in [1.82, 2.24) is 19.7 Å². The van der Waals surface area contributed by atoms with Gasteiger partial charge in [0.2, 0.25) is 0 Å². The average molecular weight is 403 g/mol. The third kappa shape index (κ3) is 2.86. The van der Waals surface area contributed by atoms with Gasteiger partial charge < -0.3 is 15.0 Å². The van der Waals surface area contributed by atoms with Gasteiger partial charge in [-0.2, -0.15) is 5.10 Å². The molecule has 1 saturated heterocycles. The Hall–Kier alpha value is -2.81. The fraction of sp³-hybridized carbons (Fsp3) is 0.444. The minimum absolute atomic E-state index is 0.0575. The van der Waals surface area contributed by atoms with Crippen LogP contribution in [0.5, 0.6) is 0 Å². The Bertz CT molecular complexity index is 972. The fourth-order valence-corrected chi connectivity index (χ4v) is 3.94. The summed E-state index contributed by atoms with van der Waals surface area (Å²) in [4.78, 5) is 32.5. The number of nitrogens with one attached hydrogen (secondary N) is 1. The second kappa shape index (κ2) is 6.10. The average Bonchev–Trinajstić information content (AvgIpc) is 3.14. The van der Waals surface area contributed by atoms with Gasteiger partial charge in [-0.25, -0.2) is 14.6 Å². The number of nitrogens with zero attached hydrogens (tertiary/aromatic N) is 5. The molecule has 4 heterocycles. The van der Waals surface area contributed by atoms with Gasteiger partial charge >= 0.3 is 12.1 Å². The van der Waals surface area contributed by atoms with Crippen LogP contribution in [0, 0.1) is 0 Å². The standard InChI is InChI=1S/C18H19ClN6O3/c1-11-8-25-14(9-23(11)16(26)22-12-2-5-20-15(19)6-12)13(7-21-25)24-10-18(3-4-18)28-17(24)27/h2,5-7,11H,3-4,8-10H2,1H3,(H,20,22,26)/t11-/m0/s1. The molecule has 2 fully saturated rings. The molecule has 0 bridgehead atoms. The molecule has 146 valence electrons. The number of hydrogen-bond donors (Lipinski definition) is 1. The number of carbonyl (C=O) groups excluding carboxylic acids is 2. The molecule has 5 rings (SSSR count). The van der Waals surface area contributed by atoms with Gasteiger partial charge in [0.25, 0.3) is 0 Å². The highest BCUT2D eigenvalue weighted by Gasteiger charge is 2.55. The quantitative estimate of drug-likeness (QED) is 0.780. The predicted octanol–water partition coefficient (Wildman–Crippen LogP) is 2.86. The van der Waals surface area contributed by atoms with E-state index < -0.39 is 0 Å². The fourth-order valence-electron chi connectivity index (χ4n) is 3.77. The van der Waals surface area contributed by atoms with Gasteiger partial charge in [0, 0.05) is 11.9 Å². The van der Waals surface area contributed by atoms with Gasteiger partial charge in [-0.15, -0.1) is 0 Å². The van der Waals surface area contributed by atoms with Crippen LogP contribution >= 0.6 is 11.6 Å². The lowest BCUT2D eigenvalue weighted by molar-refractivity contribution is 0.129. The number of anilines is 2. The summed E-state index contributed by atoms with van der Waals surface area (Å²) < 4.78 is 7.37. The van der Waals surface area contributed by atoms with Crippen LogP contribution in [0.1, 0.15) is 25.5 Å². The van der Waals surface area contributed by atoms with Crippen molar-refractivity contribution >= 4 is 35.1 Å². The molecule has 0 unspecified atom stereocenters. The van der Waals surface area contributed by atoms with E-state index in [4.69, 9.17) is 16.3 Å². The normalized spacial score (nSPS) is 22.2. The molecule has 1 spiro atoms. The molecule has 1 N–H and O–H groups in total. The maximum Gasteiger partial charge on any atom is 0.415 e. The lowest BCUT2D eigenvalue weighted by Gasteiger charge is -2.34. The number of amides is 3. The van der Waals surface area contributed by atoms with E-state index in [-0.39, 0.29) is 23.8 Å². The number of carbonyl (C=O) groups is 2. The van der Waals surface area contributed by atoms with E-state index in [9.17, 15) is 9.59 Å². The van der Waals surface area contributed by atoms with Crippen molar-refractivity contribution in [3.05, 3.63) is 35.4 Å². The number of fused-ring (bicyclic) bond motifs is 1. The molecule has 1 saturated carbocycles. The summed E-state index contributed by atoms with van der Waals surface area (Å²) in [5.41, 5.74) is 1.81. The summed E-state index contributed by atoms with van der Waals surface area (Å²) >= 11 is 5.89. The summed E-state index contributed by atoms with van der Waals surface area (Å²) in [5.74, 6) is 0. The molecule has 3 aliphatic rings. The van der Waals surface area contributed by atoms with E-state index in [0.717, 1.165) is 18.5 Å². The van der Waals surface area contributed by atoms with Gasteiger partial charge in [-0.05, 0) is 31.9 Å². The molecule has 9 nitrogen and oxygen atoms in total. The summed E-state index contributed by atoms with van der Waals surface area (Å²) in [6, 6.07) is 2.98. The third-order valence-corrected chi connectivity index (χ3v) is 5.73. The maximum atomic E-state index is 12.8. The van der Waals surface area contributed by atoms with Crippen molar-refractivity contribution in [3.8, 4) is 0 Å². The summed E-state index contributed by atoms with van der Waals surface area (Å²) in [6.45, 7) is 3.40. The van der Waals surface area contributed by atoms with Crippen molar-refractivity contribution < 1.29 is 14.3 Å². The van der Waals surface area contributed by atoms with Crippen LogP contribution in [0.25, 0.3) is 0 Å². The van der Waals surface area contributed by atoms with Crippen LogP contribution in [-0.4, -0.2) is 50.0 Å². The third-order valence-electron chi connectivity index (χ3n) is 5.52. The zero-order valence-corrected chi connectivity index (χ0v) is 16.0. The monoisotopic (exact) mass is 402 g/mol. The van der Waals surface area contributed by atoms with Crippen LogP contribution in [0.4, 0.5) is 21.0 Å². The molecular formula is C18H19ClN6O3. The SMILES string of the molecule is C[C@H]1Cn2ncc(N3CC4(CC4)OC3=O)c2CN1C(=O)Nc1ccnc(Cl)c1. The van der Waals surface area contributed by atoms with Gasteiger partial charge in [0.05, 0.1) is 43.3 Å². The number of ether oxygens (including phenoxy) is 1. The first-order chi connectivity index (χ1) is 13.4. The van der Waals surface area contributed by atoms with Crippen LogP contribution in [0.3, 0.4) is 0 Å². The van der Waals surface area contributed by atoms with Crippen molar-refractivity contribution in [1.29, 1.82) is 0 Å². The molecule has 10 heteroatoms. The summed E-state index contributed by atoms with van der Waals surface area (Å²) in [6.07, 6.45) is 4.69. The molecule has 2 aromatic rings. The molecule has 0 aromatic carbocycles. The predicted molar refractivity (Wildman–Crippen MR) is 101 cm³/mol. The molecule has 1 atom stereocenters. The molecular weight excluding hydrogens is 384 g/mol. The number of halogens is 1. The largest absolute Gasteiger partial charge is 0.441 e. The topological polar surface area (TPSA) is 92.6 Å². The molecule has 2 aliphatic heterocycles. The summed E-state index contributed by atoms with van der Waals surface area (Å²) in [7, 11) is 0. The van der Waals surface area contributed by atoms with Gasteiger partial charge in [-0.3, -0.25) is 9.58 Å². The van der Waals surface area contributed by atoms with E-state index in [1.165, 1.54) is 6.20 Å². The Morgan fingerprint density at radius 3 is 2.96 bits per heavy atom. The zero-order valence-electron chi connectivity index (χ0n) is 15.3. The second-order valence-electron chi connectivity index (χ2n) is 7.57. The molecule has 0 radical (unpaired) electrons.